The van der Waals surface area contributed by atoms with Crippen molar-refractivity contribution in [2.24, 2.45) is 0 Å². The lowest BCUT2D eigenvalue weighted by atomic mass is 10.1. The van der Waals surface area contributed by atoms with E-state index in [9.17, 15) is 9.59 Å². The van der Waals surface area contributed by atoms with E-state index in [1.165, 1.54) is 7.11 Å². The smallest absolute Gasteiger partial charge is 0.411 e. The average molecular weight is 660 g/mol. The van der Waals surface area contributed by atoms with Crippen LogP contribution in [0.5, 0.6) is 5.75 Å². The van der Waals surface area contributed by atoms with Gasteiger partial charge in [-0.3, -0.25) is 4.90 Å². The molecule has 4 rings (SSSR count). The Bertz CT molecular complexity index is 1440. The second-order valence-corrected chi connectivity index (χ2v) is 19.1. The van der Waals surface area contributed by atoms with Gasteiger partial charge in [0.05, 0.1) is 30.8 Å². The van der Waals surface area contributed by atoms with Gasteiger partial charge < -0.3 is 23.2 Å². The number of esters is 1. The summed E-state index contributed by atoms with van der Waals surface area (Å²) in [6.07, 6.45) is 1.69. The van der Waals surface area contributed by atoms with Crippen LogP contribution in [0.15, 0.2) is 48.7 Å². The number of fused-ring (bicyclic) bond motifs is 1. The molecule has 0 bridgehead atoms. The van der Waals surface area contributed by atoms with Crippen molar-refractivity contribution in [2.75, 3.05) is 7.11 Å². The molecule has 1 aliphatic rings. The van der Waals surface area contributed by atoms with Crippen molar-refractivity contribution < 1.29 is 28.2 Å². The van der Waals surface area contributed by atoms with Gasteiger partial charge in [-0.05, 0) is 56.6 Å². The highest BCUT2D eigenvalue weighted by atomic mass is 79.9. The minimum atomic E-state index is -2.07. The van der Waals surface area contributed by atoms with Crippen LogP contribution in [-0.4, -0.2) is 53.6 Å². The monoisotopic (exact) mass is 658 g/mol. The molecule has 8 nitrogen and oxygen atoms in total. The number of carbonyl (C=O) groups is 2. The molecule has 1 aliphatic heterocycles. The van der Waals surface area contributed by atoms with Crippen LogP contribution in [-0.2, 0) is 33.7 Å². The number of aromatic nitrogens is 1. The molecular formula is C32H43BrN2O6Si. The molecule has 2 aromatic carbocycles. The number of hydrogen-bond donors (Lipinski definition) is 0. The summed E-state index contributed by atoms with van der Waals surface area (Å²) < 4.78 is 25.8. The highest BCUT2D eigenvalue weighted by Gasteiger charge is 2.51. The van der Waals surface area contributed by atoms with Crippen LogP contribution in [0, 0.1) is 0 Å². The minimum Gasteiger partial charge on any atom is -0.488 e. The van der Waals surface area contributed by atoms with Crippen molar-refractivity contribution in [3.05, 3.63) is 65.4 Å². The summed E-state index contributed by atoms with van der Waals surface area (Å²) in [4.78, 5) is 27.1. The Hall–Kier alpha value is -2.82. The van der Waals surface area contributed by atoms with Crippen molar-refractivity contribution in [1.29, 1.82) is 0 Å². The van der Waals surface area contributed by atoms with Gasteiger partial charge in [0.2, 0.25) is 0 Å². The van der Waals surface area contributed by atoms with Crippen LogP contribution < -0.4 is 4.74 Å². The molecule has 0 aliphatic carbocycles. The first-order chi connectivity index (χ1) is 19.5. The van der Waals surface area contributed by atoms with Gasteiger partial charge in [-0.25, -0.2) is 9.59 Å². The number of rotatable bonds is 9. The van der Waals surface area contributed by atoms with E-state index in [2.05, 4.69) is 60.6 Å². The number of nitrogens with zero attached hydrogens (tertiary/aromatic N) is 2. The molecule has 2 heterocycles. The SMILES string of the molecule is COC(=O)c1cc(OCc2ccccc2)c2c(CO[Si](C)(C)C(C)(C)C)cn(C[C@H]3C(Br)N3C(=O)OC(C)(C)C)c2c1. The number of methoxy groups -OCH3 is 1. The maximum absolute atomic E-state index is 12.8. The molecule has 1 unspecified atom stereocenters. The van der Waals surface area contributed by atoms with Crippen LogP contribution >= 0.6 is 15.9 Å². The van der Waals surface area contributed by atoms with Crippen LogP contribution in [0.1, 0.15) is 63.0 Å². The molecule has 2 atom stereocenters. The fourth-order valence-electron chi connectivity index (χ4n) is 4.47. The number of ether oxygens (including phenoxy) is 3. The maximum atomic E-state index is 12.8. The fourth-order valence-corrected chi connectivity index (χ4v) is 6.17. The number of carbonyl (C=O) groups excluding carboxylic acids is 2. The number of alkyl halides is 1. The van der Waals surface area contributed by atoms with Gasteiger partial charge in [0.1, 0.15) is 22.9 Å². The van der Waals surface area contributed by atoms with E-state index in [1.807, 2.05) is 57.2 Å². The molecule has 0 saturated carbocycles. The van der Waals surface area contributed by atoms with Gasteiger partial charge in [-0.2, -0.15) is 0 Å². The Kier molecular flexibility index (Phi) is 9.21. The topological polar surface area (TPSA) is 79.0 Å². The summed E-state index contributed by atoms with van der Waals surface area (Å²) in [6, 6.07) is 13.4. The third-order valence-corrected chi connectivity index (χ3v) is 13.4. The van der Waals surface area contributed by atoms with E-state index in [4.69, 9.17) is 18.6 Å². The molecule has 1 saturated heterocycles. The van der Waals surface area contributed by atoms with Crippen LogP contribution in [0.4, 0.5) is 4.79 Å². The summed E-state index contributed by atoms with van der Waals surface area (Å²) in [5.41, 5.74) is 2.58. The molecule has 228 valence electrons. The molecule has 10 heteroatoms. The van der Waals surface area contributed by atoms with E-state index in [-0.39, 0.29) is 22.1 Å². The zero-order valence-electron chi connectivity index (χ0n) is 26.1. The predicted octanol–water partition coefficient (Wildman–Crippen LogP) is 7.87. The summed E-state index contributed by atoms with van der Waals surface area (Å²) >= 11 is 3.64. The summed E-state index contributed by atoms with van der Waals surface area (Å²) in [5, 5.41) is 0.925. The lowest BCUT2D eigenvalue weighted by Gasteiger charge is -2.36. The lowest BCUT2D eigenvalue weighted by molar-refractivity contribution is 0.0401. The first-order valence-electron chi connectivity index (χ1n) is 14.2. The average Bonchev–Trinajstić information content (AvgIpc) is 3.40. The van der Waals surface area contributed by atoms with Gasteiger partial charge >= 0.3 is 12.1 Å². The van der Waals surface area contributed by atoms with Crippen molar-refractivity contribution in [3.63, 3.8) is 0 Å². The second kappa shape index (κ2) is 12.0. The van der Waals surface area contributed by atoms with Crippen molar-refractivity contribution in [3.8, 4) is 5.75 Å². The third kappa shape index (κ3) is 7.21. The highest BCUT2D eigenvalue weighted by Crippen LogP contribution is 2.41. The second-order valence-electron chi connectivity index (χ2n) is 13.3. The van der Waals surface area contributed by atoms with Crippen molar-refractivity contribution in [1.82, 2.24) is 9.47 Å². The Balaban J connectivity index is 1.76. The van der Waals surface area contributed by atoms with E-state index in [0.717, 1.165) is 22.0 Å². The highest BCUT2D eigenvalue weighted by molar-refractivity contribution is 9.09. The minimum absolute atomic E-state index is 0.0428. The zero-order valence-corrected chi connectivity index (χ0v) is 28.7. The summed E-state index contributed by atoms with van der Waals surface area (Å²) in [5.74, 6) is 0.132. The molecule has 1 aromatic heterocycles. The van der Waals surface area contributed by atoms with Crippen LogP contribution in [0.3, 0.4) is 0 Å². The summed E-state index contributed by atoms with van der Waals surface area (Å²) in [7, 11) is -0.702. The molecular weight excluding hydrogens is 616 g/mol. The molecule has 1 amide bonds. The van der Waals surface area contributed by atoms with Crippen LogP contribution in [0.2, 0.25) is 18.1 Å². The van der Waals surface area contributed by atoms with Crippen molar-refractivity contribution >= 4 is 47.2 Å². The summed E-state index contributed by atoms with van der Waals surface area (Å²) in [6.45, 7) is 17.9. The molecule has 42 heavy (non-hydrogen) atoms. The van der Waals surface area contributed by atoms with Crippen LogP contribution in [0.25, 0.3) is 10.9 Å². The normalized spacial score (nSPS) is 17.3. The Morgan fingerprint density at radius 2 is 1.67 bits per heavy atom. The van der Waals surface area contributed by atoms with Gasteiger partial charge in [-0.1, -0.05) is 67.0 Å². The molecule has 0 spiro atoms. The fraction of sp³-hybridized carbons (Fsp3) is 0.500. The molecule has 3 aromatic rings. The van der Waals surface area contributed by atoms with Gasteiger partial charge in [-0.15, -0.1) is 0 Å². The lowest BCUT2D eigenvalue weighted by Crippen LogP contribution is -2.40. The zero-order chi connectivity index (χ0) is 31.0. The number of amides is 1. The van der Waals surface area contributed by atoms with E-state index < -0.39 is 19.9 Å². The third-order valence-electron chi connectivity index (χ3n) is 7.92. The van der Waals surface area contributed by atoms with Crippen molar-refractivity contribution in [2.45, 2.75) is 96.0 Å². The molecule has 0 N–H and O–H groups in total. The van der Waals surface area contributed by atoms with Gasteiger partial charge in [0.25, 0.3) is 0 Å². The Morgan fingerprint density at radius 1 is 1.00 bits per heavy atom. The number of benzene rings is 2. The largest absolute Gasteiger partial charge is 0.488 e. The van der Waals surface area contributed by atoms with Gasteiger partial charge in [0, 0.05) is 23.7 Å². The Morgan fingerprint density at radius 3 is 2.26 bits per heavy atom. The standard InChI is InChI=1S/C32H43BrN2O6Si/c1-31(2,3)41-30(37)35-25(28(35)33)18-34-17-23(20-40-42(8,9)32(4,5)6)27-24(34)15-22(29(36)38-7)16-26(27)39-19-21-13-11-10-12-14-21/h10-17,25,28H,18-20H2,1-9H3/t25-,28?,35?/m0/s1. The van der Waals surface area contributed by atoms with E-state index in [0.29, 0.717) is 31.1 Å². The van der Waals surface area contributed by atoms with Gasteiger partial charge in [0.15, 0.2) is 8.32 Å². The Labute approximate surface area is 258 Å². The predicted molar refractivity (Wildman–Crippen MR) is 171 cm³/mol. The first-order valence-corrected chi connectivity index (χ1v) is 18.0. The molecule has 0 radical (unpaired) electrons. The molecule has 1 fully saturated rings. The maximum Gasteiger partial charge on any atom is 0.411 e. The van der Waals surface area contributed by atoms with E-state index >= 15 is 0 Å². The first kappa shape index (κ1) is 32.1. The number of halogens is 1. The quantitative estimate of drug-likeness (QED) is 0.0765. The van der Waals surface area contributed by atoms with E-state index in [1.54, 1.807) is 11.0 Å². The number of hydrogen-bond acceptors (Lipinski definition) is 6.